The van der Waals surface area contributed by atoms with E-state index in [1.54, 1.807) is 19.1 Å². The van der Waals surface area contributed by atoms with Crippen molar-refractivity contribution in [2.24, 2.45) is 0 Å². The molecule has 0 bridgehead atoms. The van der Waals surface area contributed by atoms with Crippen molar-refractivity contribution in [3.8, 4) is 17.1 Å². The number of methoxy groups -OCH3 is 2. The fourth-order valence-corrected chi connectivity index (χ4v) is 2.37. The maximum atomic E-state index is 12.0. The summed E-state index contributed by atoms with van der Waals surface area (Å²) >= 11 is 0. The quantitative estimate of drug-likeness (QED) is 0.615. The van der Waals surface area contributed by atoms with E-state index in [9.17, 15) is 4.79 Å². The molecule has 2 aromatic rings. The number of hydrogen-bond donors (Lipinski definition) is 0. The highest BCUT2D eigenvalue weighted by atomic mass is 16.5. The highest BCUT2D eigenvalue weighted by Crippen LogP contribution is 2.20. The van der Waals surface area contributed by atoms with Crippen LogP contribution in [-0.4, -0.2) is 55.4 Å². The van der Waals surface area contributed by atoms with Crippen LogP contribution >= 0.6 is 0 Å². The Morgan fingerprint density at radius 1 is 1.20 bits per heavy atom. The van der Waals surface area contributed by atoms with Gasteiger partial charge in [-0.15, -0.1) is 0 Å². The van der Waals surface area contributed by atoms with E-state index in [0.717, 1.165) is 17.7 Å². The molecule has 1 aromatic heterocycles. The second-order valence-electron chi connectivity index (χ2n) is 5.76. The minimum Gasteiger partial charge on any atom is -0.497 e. The van der Waals surface area contributed by atoms with Crippen LogP contribution in [-0.2, 0) is 16.0 Å². The fourth-order valence-electron chi connectivity index (χ4n) is 2.37. The van der Waals surface area contributed by atoms with Gasteiger partial charge in [0.25, 0.3) is 0 Å². The maximum absolute atomic E-state index is 12.0. The van der Waals surface area contributed by atoms with Gasteiger partial charge in [0.05, 0.1) is 7.11 Å². The summed E-state index contributed by atoms with van der Waals surface area (Å²) in [6.07, 6.45) is 2.57. The number of carbonyl (C=O) groups excluding carboxylic acids is 1. The number of ether oxygens (including phenoxy) is 2. The molecular formula is C18H25N3O4. The number of aryl methyl sites for hydroxylation is 1. The van der Waals surface area contributed by atoms with Gasteiger partial charge in [0.1, 0.15) is 5.75 Å². The number of benzene rings is 1. The third-order valence-electron chi connectivity index (χ3n) is 3.87. The van der Waals surface area contributed by atoms with Crippen molar-refractivity contribution in [1.82, 2.24) is 15.0 Å². The largest absolute Gasteiger partial charge is 0.497 e. The molecule has 0 atom stereocenters. The summed E-state index contributed by atoms with van der Waals surface area (Å²) in [5.74, 6) is 1.98. The van der Waals surface area contributed by atoms with Crippen LogP contribution in [0.1, 0.15) is 25.2 Å². The zero-order valence-electron chi connectivity index (χ0n) is 15.0. The SMILES string of the molecule is COCCCN(C)C(=O)CCCc1nc(-c2ccc(OC)cc2)no1. The van der Waals surface area contributed by atoms with E-state index in [0.29, 0.717) is 44.1 Å². The Morgan fingerprint density at radius 3 is 2.64 bits per heavy atom. The van der Waals surface area contributed by atoms with Crippen molar-refractivity contribution in [2.75, 3.05) is 34.4 Å². The molecule has 0 spiro atoms. The van der Waals surface area contributed by atoms with Gasteiger partial charge in [-0.2, -0.15) is 4.98 Å². The Labute approximate surface area is 147 Å². The van der Waals surface area contributed by atoms with E-state index < -0.39 is 0 Å². The van der Waals surface area contributed by atoms with E-state index in [2.05, 4.69) is 10.1 Å². The predicted molar refractivity (Wildman–Crippen MR) is 93.4 cm³/mol. The first-order chi connectivity index (χ1) is 12.1. The second-order valence-corrected chi connectivity index (χ2v) is 5.76. The molecule has 0 saturated heterocycles. The van der Waals surface area contributed by atoms with Gasteiger partial charge in [-0.25, -0.2) is 0 Å². The zero-order valence-corrected chi connectivity index (χ0v) is 15.0. The standard InChI is InChI=1S/C18H25N3O4/c1-21(12-5-13-23-2)17(22)7-4-6-16-19-18(20-25-16)14-8-10-15(24-3)11-9-14/h8-11H,4-7,12-13H2,1-3H3. The molecule has 136 valence electrons. The number of nitrogens with zero attached hydrogens (tertiary/aromatic N) is 3. The van der Waals surface area contributed by atoms with Crippen LogP contribution in [0.4, 0.5) is 0 Å². The van der Waals surface area contributed by atoms with E-state index >= 15 is 0 Å². The molecule has 25 heavy (non-hydrogen) atoms. The van der Waals surface area contributed by atoms with E-state index in [1.165, 1.54) is 0 Å². The summed E-state index contributed by atoms with van der Waals surface area (Å²) in [4.78, 5) is 18.1. The van der Waals surface area contributed by atoms with Crippen LogP contribution < -0.4 is 4.74 Å². The van der Waals surface area contributed by atoms with E-state index in [1.807, 2.05) is 31.3 Å². The summed E-state index contributed by atoms with van der Waals surface area (Å²) in [6.45, 7) is 1.36. The second kappa shape index (κ2) is 9.78. The van der Waals surface area contributed by atoms with Gasteiger partial charge < -0.3 is 18.9 Å². The van der Waals surface area contributed by atoms with Crippen molar-refractivity contribution in [3.63, 3.8) is 0 Å². The molecule has 0 fully saturated rings. The lowest BCUT2D eigenvalue weighted by molar-refractivity contribution is -0.130. The average Bonchev–Trinajstić information content (AvgIpc) is 3.10. The lowest BCUT2D eigenvalue weighted by Crippen LogP contribution is -2.28. The van der Waals surface area contributed by atoms with Gasteiger partial charge in [0.2, 0.25) is 17.6 Å². The zero-order chi connectivity index (χ0) is 18.1. The molecule has 7 heteroatoms. The monoisotopic (exact) mass is 347 g/mol. The first kappa shape index (κ1) is 18.9. The predicted octanol–water partition coefficient (Wildman–Crippen LogP) is 2.56. The number of carbonyl (C=O) groups is 1. The summed E-state index contributed by atoms with van der Waals surface area (Å²) in [5.41, 5.74) is 0.866. The molecule has 1 aromatic carbocycles. The smallest absolute Gasteiger partial charge is 0.226 e. The summed E-state index contributed by atoms with van der Waals surface area (Å²) < 4.78 is 15.4. The Bertz CT molecular complexity index is 655. The van der Waals surface area contributed by atoms with Crippen LogP contribution in [0.25, 0.3) is 11.4 Å². The Hall–Kier alpha value is -2.41. The van der Waals surface area contributed by atoms with Gasteiger partial charge in [-0.05, 0) is 37.1 Å². The number of hydrogen-bond acceptors (Lipinski definition) is 6. The lowest BCUT2D eigenvalue weighted by Gasteiger charge is -2.16. The van der Waals surface area contributed by atoms with Gasteiger partial charge in [0, 0.05) is 45.7 Å². The summed E-state index contributed by atoms with van der Waals surface area (Å²) in [6, 6.07) is 7.46. The van der Waals surface area contributed by atoms with Crippen molar-refractivity contribution in [1.29, 1.82) is 0 Å². The van der Waals surface area contributed by atoms with E-state index in [4.69, 9.17) is 14.0 Å². The molecule has 7 nitrogen and oxygen atoms in total. The highest BCUT2D eigenvalue weighted by molar-refractivity contribution is 5.75. The van der Waals surface area contributed by atoms with Crippen LogP contribution in [0.2, 0.25) is 0 Å². The molecule has 0 unspecified atom stereocenters. The maximum Gasteiger partial charge on any atom is 0.226 e. The Kier molecular flexibility index (Phi) is 7.40. The Balaban J connectivity index is 1.78. The molecule has 0 N–H and O–H groups in total. The summed E-state index contributed by atoms with van der Waals surface area (Å²) in [7, 11) is 5.09. The van der Waals surface area contributed by atoms with Crippen LogP contribution in [0, 0.1) is 0 Å². The summed E-state index contributed by atoms with van der Waals surface area (Å²) in [5, 5.41) is 3.99. The molecule has 1 heterocycles. The van der Waals surface area contributed by atoms with Gasteiger partial charge in [0.15, 0.2) is 0 Å². The van der Waals surface area contributed by atoms with Crippen LogP contribution in [0.5, 0.6) is 5.75 Å². The highest BCUT2D eigenvalue weighted by Gasteiger charge is 2.11. The molecule has 0 saturated carbocycles. The van der Waals surface area contributed by atoms with Crippen LogP contribution in [0.3, 0.4) is 0 Å². The fraction of sp³-hybridized carbons (Fsp3) is 0.500. The normalized spacial score (nSPS) is 10.7. The van der Waals surface area contributed by atoms with Crippen molar-refractivity contribution < 1.29 is 18.8 Å². The number of rotatable bonds is 10. The third kappa shape index (κ3) is 5.86. The van der Waals surface area contributed by atoms with Crippen molar-refractivity contribution in [3.05, 3.63) is 30.2 Å². The molecule has 0 aliphatic rings. The van der Waals surface area contributed by atoms with Gasteiger partial charge in [-0.3, -0.25) is 4.79 Å². The van der Waals surface area contributed by atoms with Crippen LogP contribution in [0.15, 0.2) is 28.8 Å². The molecular weight excluding hydrogens is 322 g/mol. The molecule has 0 radical (unpaired) electrons. The average molecular weight is 347 g/mol. The van der Waals surface area contributed by atoms with Gasteiger partial charge >= 0.3 is 0 Å². The van der Waals surface area contributed by atoms with Gasteiger partial charge in [-0.1, -0.05) is 5.16 Å². The Morgan fingerprint density at radius 2 is 1.96 bits per heavy atom. The first-order valence-electron chi connectivity index (χ1n) is 8.34. The number of amides is 1. The van der Waals surface area contributed by atoms with Crippen molar-refractivity contribution in [2.45, 2.75) is 25.7 Å². The molecule has 1 amide bonds. The lowest BCUT2D eigenvalue weighted by atomic mass is 10.2. The molecule has 0 aliphatic heterocycles. The minimum atomic E-state index is 0.117. The van der Waals surface area contributed by atoms with Crippen molar-refractivity contribution >= 4 is 5.91 Å². The number of aromatic nitrogens is 2. The molecule has 2 rings (SSSR count). The van der Waals surface area contributed by atoms with E-state index in [-0.39, 0.29) is 5.91 Å². The first-order valence-corrected chi connectivity index (χ1v) is 8.34. The topological polar surface area (TPSA) is 77.7 Å². The molecule has 0 aliphatic carbocycles. The third-order valence-corrected chi connectivity index (χ3v) is 3.87. The minimum absolute atomic E-state index is 0.117.